The third-order valence-corrected chi connectivity index (χ3v) is 9.06. The molecule has 6 heteroatoms. The van der Waals surface area contributed by atoms with Crippen LogP contribution in [0.2, 0.25) is 0 Å². The zero-order valence-electron chi connectivity index (χ0n) is 25.5. The summed E-state index contributed by atoms with van der Waals surface area (Å²) in [5.41, 5.74) is 8.16. The van der Waals surface area contributed by atoms with Crippen molar-refractivity contribution in [1.82, 2.24) is 19.9 Å². The van der Waals surface area contributed by atoms with E-state index in [1.807, 2.05) is 85.1 Å². The quantitative estimate of drug-likeness (QED) is 0.196. The van der Waals surface area contributed by atoms with Crippen LogP contribution in [-0.4, -0.2) is 19.9 Å². The van der Waals surface area contributed by atoms with Crippen LogP contribution in [0.25, 0.3) is 99.9 Å². The second kappa shape index (κ2) is 10.4. The molecule has 10 aromatic rings. The van der Waals surface area contributed by atoms with Gasteiger partial charge in [0.15, 0.2) is 23.1 Å². The van der Waals surface area contributed by atoms with Gasteiger partial charge in [-0.05, 0) is 46.2 Å². The van der Waals surface area contributed by atoms with Gasteiger partial charge in [-0.1, -0.05) is 109 Å². The number of pyridine rings is 1. The van der Waals surface area contributed by atoms with Gasteiger partial charge < -0.3 is 8.83 Å². The van der Waals surface area contributed by atoms with E-state index in [9.17, 15) is 0 Å². The highest BCUT2D eigenvalue weighted by molar-refractivity contribution is 6.16. The fraction of sp³-hybridized carbons (Fsp3) is 0. The number of nitrogens with zero attached hydrogens (tertiary/aromatic N) is 4. The van der Waals surface area contributed by atoms with Crippen LogP contribution >= 0.6 is 0 Å². The molecule has 0 aliphatic carbocycles. The average Bonchev–Trinajstić information content (AvgIpc) is 3.73. The first-order chi connectivity index (χ1) is 23.8. The van der Waals surface area contributed by atoms with Crippen molar-refractivity contribution in [2.45, 2.75) is 0 Å². The molecule has 48 heavy (non-hydrogen) atoms. The summed E-state index contributed by atoms with van der Waals surface area (Å²) >= 11 is 0. The van der Waals surface area contributed by atoms with Crippen molar-refractivity contribution in [2.24, 2.45) is 0 Å². The molecular weight excluding hydrogens is 592 g/mol. The van der Waals surface area contributed by atoms with Crippen LogP contribution in [0.3, 0.4) is 0 Å². The lowest BCUT2D eigenvalue weighted by Gasteiger charge is -2.13. The third kappa shape index (κ3) is 4.06. The number of furan rings is 2. The van der Waals surface area contributed by atoms with Crippen molar-refractivity contribution in [1.29, 1.82) is 0 Å². The zero-order chi connectivity index (χ0) is 31.6. The van der Waals surface area contributed by atoms with Gasteiger partial charge in [-0.3, -0.25) is 4.98 Å². The first kappa shape index (κ1) is 26.5. The molecule has 0 radical (unpaired) electrons. The molecule has 0 amide bonds. The minimum absolute atomic E-state index is 0.590. The van der Waals surface area contributed by atoms with Crippen LogP contribution in [0.15, 0.2) is 155 Å². The summed E-state index contributed by atoms with van der Waals surface area (Å²) in [5.74, 6) is 1.80. The van der Waals surface area contributed by atoms with E-state index in [0.717, 1.165) is 82.5 Å². The Morgan fingerprint density at radius 1 is 0.354 bits per heavy atom. The summed E-state index contributed by atoms with van der Waals surface area (Å²) in [5, 5.41) is 6.26. The number of hydrogen-bond donors (Lipinski definition) is 0. The van der Waals surface area contributed by atoms with Gasteiger partial charge in [0.25, 0.3) is 0 Å². The minimum atomic E-state index is 0.590. The summed E-state index contributed by atoms with van der Waals surface area (Å²) in [6.45, 7) is 0. The van der Waals surface area contributed by atoms with Gasteiger partial charge in [-0.25, -0.2) is 15.0 Å². The number of para-hydroxylation sites is 1. The maximum absolute atomic E-state index is 6.23. The Kier molecular flexibility index (Phi) is 5.77. The molecule has 4 aromatic heterocycles. The van der Waals surface area contributed by atoms with Crippen LogP contribution < -0.4 is 0 Å². The van der Waals surface area contributed by atoms with Crippen molar-refractivity contribution in [3.05, 3.63) is 146 Å². The standard InChI is InChI=1S/C42H24N4O2/c1-2-10-25(11-3-1)40-44-41(46-42(45-40)33-18-9-21-36-39(33)31-12-4-5-19-34(31)47-36)30-17-7-13-26-27(14-6-15-28(26)30)29-16-8-20-35-38(29)32-22-23-43-24-37(32)48-35/h1-24H. The Morgan fingerprint density at radius 3 is 1.73 bits per heavy atom. The van der Waals surface area contributed by atoms with Gasteiger partial charge >= 0.3 is 0 Å². The van der Waals surface area contributed by atoms with E-state index in [1.165, 1.54) is 0 Å². The summed E-state index contributed by atoms with van der Waals surface area (Å²) in [4.78, 5) is 19.6. The fourth-order valence-corrected chi connectivity index (χ4v) is 6.94. The number of fused-ring (bicyclic) bond motifs is 7. The number of benzene rings is 6. The molecule has 0 unspecified atom stereocenters. The normalized spacial score (nSPS) is 11.8. The van der Waals surface area contributed by atoms with E-state index < -0.39 is 0 Å². The van der Waals surface area contributed by atoms with Crippen LogP contribution in [-0.2, 0) is 0 Å². The topological polar surface area (TPSA) is 77.8 Å². The molecule has 0 aliphatic heterocycles. The van der Waals surface area contributed by atoms with Crippen LogP contribution in [0, 0.1) is 0 Å². The highest BCUT2D eigenvalue weighted by atomic mass is 16.3. The average molecular weight is 617 g/mol. The lowest BCUT2D eigenvalue weighted by Crippen LogP contribution is -2.01. The molecule has 4 heterocycles. The van der Waals surface area contributed by atoms with Gasteiger partial charge in [0.2, 0.25) is 0 Å². The SMILES string of the molecule is c1ccc(-c2nc(-c3cccc4c(-c5cccc6oc7cnccc7c56)cccc34)nc(-c3cccc4oc5ccccc5c34)n2)cc1. The number of aromatic nitrogens is 4. The summed E-state index contributed by atoms with van der Waals surface area (Å²) in [7, 11) is 0. The molecular formula is C42H24N4O2. The Labute approximate surface area is 274 Å². The van der Waals surface area contributed by atoms with Crippen molar-refractivity contribution in [3.63, 3.8) is 0 Å². The predicted molar refractivity (Wildman–Crippen MR) is 191 cm³/mol. The second-order valence-electron chi connectivity index (χ2n) is 11.8. The largest absolute Gasteiger partial charge is 0.456 e. The maximum atomic E-state index is 6.23. The van der Waals surface area contributed by atoms with Gasteiger partial charge in [-0.15, -0.1) is 0 Å². The smallest absolute Gasteiger partial charge is 0.164 e. The van der Waals surface area contributed by atoms with E-state index >= 15 is 0 Å². The third-order valence-electron chi connectivity index (χ3n) is 9.06. The molecule has 6 nitrogen and oxygen atoms in total. The van der Waals surface area contributed by atoms with E-state index in [-0.39, 0.29) is 0 Å². The zero-order valence-corrected chi connectivity index (χ0v) is 25.5. The minimum Gasteiger partial charge on any atom is -0.456 e. The van der Waals surface area contributed by atoms with Crippen molar-refractivity contribution < 1.29 is 8.83 Å². The first-order valence-electron chi connectivity index (χ1n) is 15.8. The van der Waals surface area contributed by atoms with E-state index in [4.69, 9.17) is 23.8 Å². The molecule has 0 aliphatic rings. The predicted octanol–water partition coefficient (Wildman–Crippen LogP) is 10.9. The van der Waals surface area contributed by atoms with Crippen molar-refractivity contribution >= 4 is 54.6 Å². The highest BCUT2D eigenvalue weighted by Crippen LogP contribution is 2.41. The van der Waals surface area contributed by atoms with Crippen molar-refractivity contribution in [2.75, 3.05) is 0 Å². The molecule has 0 saturated heterocycles. The summed E-state index contributed by atoms with van der Waals surface area (Å²) < 4.78 is 12.4. The monoisotopic (exact) mass is 616 g/mol. The fourth-order valence-electron chi connectivity index (χ4n) is 6.94. The van der Waals surface area contributed by atoms with Gasteiger partial charge in [0.1, 0.15) is 16.7 Å². The molecule has 10 rings (SSSR count). The molecule has 0 bridgehead atoms. The molecule has 0 atom stereocenters. The lowest BCUT2D eigenvalue weighted by molar-refractivity contribution is 0.667. The van der Waals surface area contributed by atoms with Crippen LogP contribution in [0.4, 0.5) is 0 Å². The van der Waals surface area contributed by atoms with E-state index in [2.05, 4.69) is 59.6 Å². The highest BCUT2D eigenvalue weighted by Gasteiger charge is 2.20. The molecule has 6 aromatic carbocycles. The van der Waals surface area contributed by atoms with E-state index in [1.54, 1.807) is 6.20 Å². The van der Waals surface area contributed by atoms with Gasteiger partial charge in [-0.2, -0.15) is 0 Å². The van der Waals surface area contributed by atoms with Gasteiger partial charge in [0.05, 0.1) is 6.20 Å². The Morgan fingerprint density at radius 2 is 0.896 bits per heavy atom. The van der Waals surface area contributed by atoms with Crippen molar-refractivity contribution in [3.8, 4) is 45.3 Å². The summed E-state index contributed by atoms with van der Waals surface area (Å²) in [6.07, 6.45) is 3.58. The van der Waals surface area contributed by atoms with Gasteiger partial charge in [0, 0.05) is 44.4 Å². The number of rotatable bonds is 4. The van der Waals surface area contributed by atoms with Crippen LogP contribution in [0.5, 0.6) is 0 Å². The molecule has 0 spiro atoms. The first-order valence-corrected chi connectivity index (χ1v) is 15.8. The lowest BCUT2D eigenvalue weighted by atomic mass is 9.93. The molecule has 0 saturated carbocycles. The molecule has 0 fully saturated rings. The summed E-state index contributed by atoms with van der Waals surface area (Å²) in [6, 6.07) is 45.2. The molecule has 224 valence electrons. The maximum Gasteiger partial charge on any atom is 0.164 e. The second-order valence-corrected chi connectivity index (χ2v) is 11.8. The Balaban J connectivity index is 1.23. The van der Waals surface area contributed by atoms with E-state index in [0.29, 0.717) is 17.5 Å². The molecule has 0 N–H and O–H groups in total. The Hall–Kier alpha value is -6.66. The van der Waals surface area contributed by atoms with Crippen LogP contribution in [0.1, 0.15) is 0 Å². The number of hydrogen-bond acceptors (Lipinski definition) is 6. The Bertz CT molecular complexity index is 2850.